The van der Waals surface area contributed by atoms with Crippen molar-refractivity contribution in [2.75, 3.05) is 38.2 Å². The summed E-state index contributed by atoms with van der Waals surface area (Å²) in [4.78, 5) is 20.0. The first-order valence-corrected chi connectivity index (χ1v) is 7.96. The molecule has 3 rings (SSSR count). The van der Waals surface area contributed by atoms with Crippen LogP contribution in [-0.2, 0) is 6.54 Å². The molecule has 1 fully saturated rings. The van der Waals surface area contributed by atoms with Crippen LogP contribution in [-0.4, -0.2) is 54.2 Å². The lowest BCUT2D eigenvalue weighted by atomic mass is 10.1. The van der Waals surface area contributed by atoms with Crippen LogP contribution in [0.3, 0.4) is 0 Å². The molecule has 142 valence electrons. The van der Waals surface area contributed by atoms with Gasteiger partial charge in [0.1, 0.15) is 17.1 Å². The summed E-state index contributed by atoms with van der Waals surface area (Å²) in [5, 5.41) is 9.30. The topological polar surface area (TPSA) is 65.9 Å². The number of carbonyl (C=O) groups is 1. The number of aromatic nitrogens is 1. The minimum atomic E-state index is -0.932. The standard InChI is InChI=1S/C18H21N3O3.2ClH/c1-24-15-6-4-14(5-7-15)13-20-9-11-21(12-10-20)17-16(18(22)23)3-2-8-19-17;;/h2-8H,9-13H2,1H3,(H,22,23);2*1H. The predicted molar refractivity (Wildman–Crippen MR) is 106 cm³/mol. The van der Waals surface area contributed by atoms with Gasteiger partial charge in [-0.25, -0.2) is 9.78 Å². The number of ether oxygens (including phenoxy) is 1. The Morgan fingerprint density at radius 3 is 2.35 bits per heavy atom. The van der Waals surface area contributed by atoms with Gasteiger partial charge in [-0.1, -0.05) is 12.1 Å². The van der Waals surface area contributed by atoms with E-state index >= 15 is 0 Å². The highest BCUT2D eigenvalue weighted by Gasteiger charge is 2.22. The Hall–Kier alpha value is -2.02. The molecule has 6 nitrogen and oxygen atoms in total. The molecular formula is C18H23Cl2N3O3. The molecule has 0 unspecified atom stereocenters. The van der Waals surface area contributed by atoms with E-state index in [1.807, 2.05) is 17.0 Å². The molecule has 1 aromatic carbocycles. The maximum absolute atomic E-state index is 11.3. The molecule has 0 radical (unpaired) electrons. The fourth-order valence-electron chi connectivity index (χ4n) is 2.92. The zero-order chi connectivity index (χ0) is 16.9. The normalized spacial score (nSPS) is 14.1. The van der Waals surface area contributed by atoms with Gasteiger partial charge < -0.3 is 14.7 Å². The average Bonchev–Trinajstić information content (AvgIpc) is 2.63. The van der Waals surface area contributed by atoms with Gasteiger partial charge in [0.25, 0.3) is 0 Å². The van der Waals surface area contributed by atoms with E-state index in [0.717, 1.165) is 38.5 Å². The number of methoxy groups -OCH3 is 1. The second-order valence-corrected chi connectivity index (χ2v) is 5.79. The number of hydrogen-bond acceptors (Lipinski definition) is 5. The molecule has 2 heterocycles. The molecule has 1 aliphatic heterocycles. The lowest BCUT2D eigenvalue weighted by molar-refractivity contribution is 0.0697. The van der Waals surface area contributed by atoms with Crippen molar-refractivity contribution in [3.8, 4) is 5.75 Å². The number of rotatable bonds is 5. The third-order valence-electron chi connectivity index (χ3n) is 4.25. The maximum atomic E-state index is 11.3. The van der Waals surface area contributed by atoms with Crippen molar-refractivity contribution in [3.05, 3.63) is 53.7 Å². The summed E-state index contributed by atoms with van der Waals surface area (Å²) in [7, 11) is 1.66. The van der Waals surface area contributed by atoms with Crippen molar-refractivity contribution in [3.63, 3.8) is 0 Å². The summed E-state index contributed by atoms with van der Waals surface area (Å²) in [5.74, 6) is 0.493. The van der Waals surface area contributed by atoms with E-state index in [9.17, 15) is 9.90 Å². The molecule has 1 N–H and O–H groups in total. The van der Waals surface area contributed by atoms with E-state index in [1.54, 1.807) is 25.4 Å². The molecule has 0 spiro atoms. The number of carboxylic acids is 1. The lowest BCUT2D eigenvalue weighted by Crippen LogP contribution is -2.46. The van der Waals surface area contributed by atoms with Crippen molar-refractivity contribution in [2.24, 2.45) is 0 Å². The number of halogens is 2. The Balaban J connectivity index is 0.00000169. The van der Waals surface area contributed by atoms with Gasteiger partial charge in [0.2, 0.25) is 0 Å². The summed E-state index contributed by atoms with van der Waals surface area (Å²) in [5.41, 5.74) is 1.51. The van der Waals surface area contributed by atoms with Crippen LogP contribution < -0.4 is 9.64 Å². The van der Waals surface area contributed by atoms with E-state index in [4.69, 9.17) is 4.74 Å². The molecule has 0 aliphatic carbocycles. The first kappa shape index (κ1) is 22.0. The highest BCUT2D eigenvalue weighted by Crippen LogP contribution is 2.20. The summed E-state index contributed by atoms with van der Waals surface area (Å²) in [6.45, 7) is 4.18. The molecule has 0 atom stereocenters. The van der Waals surface area contributed by atoms with Gasteiger partial charge in [-0.3, -0.25) is 4.90 Å². The quantitative estimate of drug-likeness (QED) is 0.833. The Kier molecular flexibility index (Phi) is 8.65. The zero-order valence-electron chi connectivity index (χ0n) is 14.5. The van der Waals surface area contributed by atoms with Gasteiger partial charge in [0.15, 0.2) is 0 Å². The zero-order valence-corrected chi connectivity index (χ0v) is 16.1. The van der Waals surface area contributed by atoms with Crippen LogP contribution in [0.5, 0.6) is 5.75 Å². The van der Waals surface area contributed by atoms with Crippen LogP contribution in [0.4, 0.5) is 5.82 Å². The van der Waals surface area contributed by atoms with Crippen molar-refractivity contribution in [1.82, 2.24) is 9.88 Å². The third-order valence-corrected chi connectivity index (χ3v) is 4.25. The number of hydrogen-bond donors (Lipinski definition) is 1. The number of piperazine rings is 1. The number of aromatic carboxylic acids is 1. The molecule has 26 heavy (non-hydrogen) atoms. The Labute approximate surface area is 165 Å². The predicted octanol–water partition coefficient (Wildman–Crippen LogP) is 2.95. The van der Waals surface area contributed by atoms with Crippen LogP contribution >= 0.6 is 24.8 Å². The van der Waals surface area contributed by atoms with Crippen LogP contribution in [0.15, 0.2) is 42.6 Å². The number of pyridine rings is 1. The summed E-state index contributed by atoms with van der Waals surface area (Å²) < 4.78 is 5.18. The SMILES string of the molecule is COc1ccc(CN2CCN(c3ncccc3C(=O)O)CC2)cc1.Cl.Cl. The Morgan fingerprint density at radius 2 is 1.77 bits per heavy atom. The fraction of sp³-hybridized carbons (Fsp3) is 0.333. The summed E-state index contributed by atoms with van der Waals surface area (Å²) in [6, 6.07) is 11.4. The van der Waals surface area contributed by atoms with Gasteiger partial charge >= 0.3 is 5.97 Å². The van der Waals surface area contributed by atoms with E-state index in [-0.39, 0.29) is 30.4 Å². The van der Waals surface area contributed by atoms with Gasteiger partial charge in [0, 0.05) is 38.9 Å². The molecule has 1 aliphatic rings. The van der Waals surface area contributed by atoms with Crippen molar-refractivity contribution in [1.29, 1.82) is 0 Å². The molecule has 0 amide bonds. The van der Waals surface area contributed by atoms with E-state index in [2.05, 4.69) is 22.0 Å². The summed E-state index contributed by atoms with van der Waals surface area (Å²) >= 11 is 0. The van der Waals surface area contributed by atoms with Gasteiger partial charge in [-0.05, 0) is 29.8 Å². The van der Waals surface area contributed by atoms with Crippen LogP contribution in [0.2, 0.25) is 0 Å². The van der Waals surface area contributed by atoms with Crippen molar-refractivity contribution >= 4 is 36.6 Å². The van der Waals surface area contributed by atoms with Crippen LogP contribution in [0.1, 0.15) is 15.9 Å². The minimum absolute atomic E-state index is 0. The Morgan fingerprint density at radius 1 is 1.12 bits per heavy atom. The lowest BCUT2D eigenvalue weighted by Gasteiger charge is -2.35. The van der Waals surface area contributed by atoms with Crippen LogP contribution in [0, 0.1) is 0 Å². The maximum Gasteiger partial charge on any atom is 0.339 e. The number of anilines is 1. The molecule has 0 bridgehead atoms. The van der Waals surface area contributed by atoms with E-state index in [0.29, 0.717) is 5.82 Å². The summed E-state index contributed by atoms with van der Waals surface area (Å²) in [6.07, 6.45) is 1.64. The van der Waals surface area contributed by atoms with Gasteiger partial charge in [-0.2, -0.15) is 0 Å². The molecule has 0 saturated carbocycles. The van der Waals surface area contributed by atoms with Gasteiger partial charge in [-0.15, -0.1) is 24.8 Å². The fourth-order valence-corrected chi connectivity index (χ4v) is 2.92. The second-order valence-electron chi connectivity index (χ2n) is 5.79. The average molecular weight is 400 g/mol. The smallest absolute Gasteiger partial charge is 0.339 e. The molecular weight excluding hydrogens is 377 g/mol. The van der Waals surface area contributed by atoms with Crippen molar-refractivity contribution in [2.45, 2.75) is 6.54 Å². The van der Waals surface area contributed by atoms with Crippen molar-refractivity contribution < 1.29 is 14.6 Å². The number of benzene rings is 1. The van der Waals surface area contributed by atoms with Crippen LogP contribution in [0.25, 0.3) is 0 Å². The highest BCUT2D eigenvalue weighted by molar-refractivity contribution is 5.93. The first-order chi connectivity index (χ1) is 11.7. The third kappa shape index (κ3) is 5.24. The van der Waals surface area contributed by atoms with E-state index in [1.165, 1.54) is 5.56 Å². The van der Waals surface area contributed by atoms with Gasteiger partial charge in [0.05, 0.1) is 7.11 Å². The first-order valence-electron chi connectivity index (χ1n) is 7.96. The largest absolute Gasteiger partial charge is 0.497 e. The highest BCUT2D eigenvalue weighted by atomic mass is 35.5. The molecule has 1 saturated heterocycles. The Bertz CT molecular complexity index is 705. The second kappa shape index (κ2) is 10.2. The minimum Gasteiger partial charge on any atom is -0.497 e. The molecule has 8 heteroatoms. The van der Waals surface area contributed by atoms with E-state index < -0.39 is 5.97 Å². The monoisotopic (exact) mass is 399 g/mol. The number of carboxylic acid groups (broad SMARTS) is 1. The molecule has 2 aromatic rings. The number of nitrogens with zero attached hydrogens (tertiary/aromatic N) is 3. The molecule has 1 aromatic heterocycles.